The van der Waals surface area contributed by atoms with E-state index in [2.05, 4.69) is 26.2 Å². The Hall–Kier alpha value is -2.96. The molecule has 1 aliphatic carbocycles. The van der Waals surface area contributed by atoms with E-state index in [0.29, 0.717) is 16.1 Å². The van der Waals surface area contributed by atoms with Crippen LogP contribution < -0.4 is 16.0 Å². The zero-order chi connectivity index (χ0) is 22.7. The van der Waals surface area contributed by atoms with Crippen LogP contribution in [-0.4, -0.2) is 53.9 Å². The number of nitrogens with one attached hydrogen (secondary N) is 1. The number of anilines is 2. The molecule has 2 amide bonds. The number of piperazine rings is 1. The predicted octanol–water partition coefficient (Wildman–Crippen LogP) is 2.53. The molecule has 2 aromatic heterocycles. The third-order valence-electron chi connectivity index (χ3n) is 6.37. The number of amides is 2. The van der Waals surface area contributed by atoms with Crippen molar-refractivity contribution < 1.29 is 9.59 Å². The van der Waals surface area contributed by atoms with Gasteiger partial charge in [-0.15, -0.1) is 11.3 Å². The number of aromatic nitrogens is 1. The minimum atomic E-state index is -0.490. The molecule has 0 saturated carbocycles. The van der Waals surface area contributed by atoms with Crippen LogP contribution in [0.2, 0.25) is 0 Å². The summed E-state index contributed by atoms with van der Waals surface area (Å²) in [5.74, 6) is 0.233. The van der Waals surface area contributed by atoms with E-state index >= 15 is 0 Å². The standard InChI is InChI=1S/C23H28N6O2S/c1-15(22(31)27-23-18(13-24)17-5-3-2-4-6-19(17)32-23)28-9-11-29(12-10-28)20-8-7-16(14-26-20)21(25)30/h7-8,14-15H,2-6,9-12H2,1H3,(H2,25,30)(H,27,31). The normalized spacial score (nSPS) is 17.7. The van der Waals surface area contributed by atoms with Gasteiger partial charge in [-0.25, -0.2) is 4.98 Å². The van der Waals surface area contributed by atoms with E-state index in [0.717, 1.165) is 63.2 Å². The van der Waals surface area contributed by atoms with Crippen molar-refractivity contribution in [3.8, 4) is 6.07 Å². The van der Waals surface area contributed by atoms with Crippen LogP contribution >= 0.6 is 11.3 Å². The first-order valence-corrected chi connectivity index (χ1v) is 11.9. The lowest BCUT2D eigenvalue weighted by molar-refractivity contribution is -0.120. The molecule has 2 aliphatic rings. The number of nitriles is 1. The average molecular weight is 453 g/mol. The predicted molar refractivity (Wildman–Crippen MR) is 125 cm³/mol. The van der Waals surface area contributed by atoms with Gasteiger partial charge in [-0.3, -0.25) is 14.5 Å². The number of primary amides is 1. The minimum absolute atomic E-state index is 0.0738. The summed E-state index contributed by atoms with van der Waals surface area (Å²) in [6, 6.07) is 5.52. The largest absolute Gasteiger partial charge is 0.366 e. The fraction of sp³-hybridized carbons (Fsp3) is 0.478. The van der Waals surface area contributed by atoms with E-state index < -0.39 is 5.91 Å². The number of aryl methyl sites for hydroxylation is 1. The second-order valence-electron chi connectivity index (χ2n) is 8.34. The molecule has 8 nitrogen and oxygen atoms in total. The van der Waals surface area contributed by atoms with Crippen LogP contribution in [0.25, 0.3) is 0 Å². The van der Waals surface area contributed by atoms with E-state index in [9.17, 15) is 14.9 Å². The maximum Gasteiger partial charge on any atom is 0.250 e. The first kappa shape index (κ1) is 22.2. The molecule has 0 radical (unpaired) electrons. The Balaban J connectivity index is 1.36. The second kappa shape index (κ2) is 9.67. The second-order valence-corrected chi connectivity index (χ2v) is 9.44. The number of fused-ring (bicyclic) bond motifs is 1. The first-order valence-electron chi connectivity index (χ1n) is 11.1. The smallest absolute Gasteiger partial charge is 0.250 e. The molecule has 1 unspecified atom stereocenters. The van der Waals surface area contributed by atoms with Gasteiger partial charge in [-0.1, -0.05) is 6.42 Å². The number of hydrogen-bond acceptors (Lipinski definition) is 7. The van der Waals surface area contributed by atoms with Gasteiger partial charge in [0.25, 0.3) is 0 Å². The fourth-order valence-electron chi connectivity index (χ4n) is 4.39. The third kappa shape index (κ3) is 4.61. The molecule has 2 aromatic rings. The van der Waals surface area contributed by atoms with Gasteiger partial charge in [0.15, 0.2) is 0 Å². The van der Waals surface area contributed by atoms with Crippen LogP contribution in [-0.2, 0) is 17.6 Å². The molecule has 0 aromatic carbocycles. The summed E-state index contributed by atoms with van der Waals surface area (Å²) >= 11 is 1.57. The van der Waals surface area contributed by atoms with Gasteiger partial charge in [0.1, 0.15) is 16.9 Å². The molecule has 0 spiro atoms. The van der Waals surface area contributed by atoms with E-state index in [1.807, 2.05) is 6.92 Å². The van der Waals surface area contributed by atoms with Crippen LogP contribution in [0.1, 0.15) is 52.5 Å². The highest BCUT2D eigenvalue weighted by Gasteiger charge is 2.28. The molecule has 1 atom stereocenters. The molecule has 0 bridgehead atoms. The summed E-state index contributed by atoms with van der Waals surface area (Å²) in [6.45, 7) is 4.82. The van der Waals surface area contributed by atoms with Gasteiger partial charge < -0.3 is 16.0 Å². The van der Waals surface area contributed by atoms with Gasteiger partial charge in [0, 0.05) is 37.3 Å². The molecule has 32 heavy (non-hydrogen) atoms. The number of thiophene rings is 1. The van der Waals surface area contributed by atoms with Crippen LogP contribution in [0, 0.1) is 11.3 Å². The van der Waals surface area contributed by atoms with Crippen molar-refractivity contribution in [1.29, 1.82) is 5.26 Å². The molecule has 3 heterocycles. The lowest BCUT2D eigenvalue weighted by Crippen LogP contribution is -2.53. The number of carbonyl (C=O) groups excluding carboxylic acids is 2. The maximum absolute atomic E-state index is 13.0. The Labute approximate surface area is 192 Å². The van der Waals surface area contributed by atoms with E-state index in [1.54, 1.807) is 23.5 Å². The number of nitrogens with two attached hydrogens (primary N) is 1. The number of nitrogens with zero attached hydrogens (tertiary/aromatic N) is 4. The van der Waals surface area contributed by atoms with Gasteiger partial charge >= 0.3 is 0 Å². The highest BCUT2D eigenvalue weighted by molar-refractivity contribution is 7.16. The minimum Gasteiger partial charge on any atom is -0.366 e. The van der Waals surface area contributed by atoms with Gasteiger partial charge in [0.2, 0.25) is 11.8 Å². The molecule has 168 valence electrons. The van der Waals surface area contributed by atoms with Crippen molar-refractivity contribution in [2.75, 3.05) is 36.4 Å². The molecule has 1 fully saturated rings. The van der Waals surface area contributed by atoms with Gasteiger partial charge in [-0.05, 0) is 50.3 Å². The first-order chi connectivity index (χ1) is 15.5. The Morgan fingerprint density at radius 2 is 1.94 bits per heavy atom. The zero-order valence-corrected chi connectivity index (χ0v) is 19.1. The molecule has 1 saturated heterocycles. The van der Waals surface area contributed by atoms with Crippen molar-refractivity contribution in [2.45, 2.75) is 45.1 Å². The van der Waals surface area contributed by atoms with Gasteiger partial charge in [0.05, 0.1) is 17.2 Å². The van der Waals surface area contributed by atoms with Crippen LogP contribution in [0.3, 0.4) is 0 Å². The van der Waals surface area contributed by atoms with E-state index in [1.165, 1.54) is 17.5 Å². The monoisotopic (exact) mass is 452 g/mol. The molecule has 4 rings (SSSR count). The Kier molecular flexibility index (Phi) is 6.72. The SMILES string of the molecule is CC(C(=O)Nc1sc2c(c1C#N)CCCCC2)N1CCN(c2ccc(C(N)=O)cn2)CC1. The summed E-state index contributed by atoms with van der Waals surface area (Å²) in [6.07, 6.45) is 6.86. The van der Waals surface area contributed by atoms with Crippen molar-refractivity contribution >= 4 is 34.0 Å². The van der Waals surface area contributed by atoms with E-state index in [-0.39, 0.29) is 11.9 Å². The van der Waals surface area contributed by atoms with Crippen LogP contribution in [0.4, 0.5) is 10.8 Å². The summed E-state index contributed by atoms with van der Waals surface area (Å²) in [5, 5.41) is 13.4. The van der Waals surface area contributed by atoms with Crippen molar-refractivity contribution in [3.63, 3.8) is 0 Å². The third-order valence-corrected chi connectivity index (χ3v) is 7.57. The lowest BCUT2D eigenvalue weighted by atomic mass is 10.1. The number of hydrogen-bond donors (Lipinski definition) is 2. The Morgan fingerprint density at radius 1 is 1.19 bits per heavy atom. The maximum atomic E-state index is 13.0. The van der Waals surface area contributed by atoms with Crippen molar-refractivity contribution in [3.05, 3.63) is 39.9 Å². The molecule has 1 aliphatic heterocycles. The van der Waals surface area contributed by atoms with Gasteiger partial charge in [-0.2, -0.15) is 5.26 Å². The molecular formula is C23H28N6O2S. The summed E-state index contributed by atoms with van der Waals surface area (Å²) in [4.78, 5) is 34.1. The van der Waals surface area contributed by atoms with Crippen LogP contribution in [0.5, 0.6) is 0 Å². The summed E-state index contributed by atoms with van der Waals surface area (Å²) in [7, 11) is 0. The Morgan fingerprint density at radius 3 is 2.59 bits per heavy atom. The number of rotatable bonds is 5. The van der Waals surface area contributed by atoms with Crippen LogP contribution in [0.15, 0.2) is 18.3 Å². The zero-order valence-electron chi connectivity index (χ0n) is 18.3. The lowest BCUT2D eigenvalue weighted by Gasteiger charge is -2.37. The summed E-state index contributed by atoms with van der Waals surface area (Å²) < 4.78 is 0. The van der Waals surface area contributed by atoms with Crippen molar-refractivity contribution in [1.82, 2.24) is 9.88 Å². The molecular weight excluding hydrogens is 424 g/mol. The quantitative estimate of drug-likeness (QED) is 0.674. The number of pyridine rings is 1. The topological polar surface area (TPSA) is 115 Å². The molecule has 3 N–H and O–H groups in total. The fourth-order valence-corrected chi connectivity index (χ4v) is 5.63. The molecule has 9 heteroatoms. The van der Waals surface area contributed by atoms with Crippen molar-refractivity contribution in [2.24, 2.45) is 5.73 Å². The Bertz CT molecular complexity index is 1030. The highest BCUT2D eigenvalue weighted by atomic mass is 32.1. The average Bonchev–Trinajstić information content (AvgIpc) is 2.97. The number of carbonyl (C=O) groups is 2. The highest BCUT2D eigenvalue weighted by Crippen LogP contribution is 2.37. The summed E-state index contributed by atoms with van der Waals surface area (Å²) in [5.41, 5.74) is 7.46. The van der Waals surface area contributed by atoms with E-state index in [4.69, 9.17) is 5.73 Å².